The molecule has 3 aromatic heterocycles. The number of aryl methyl sites for hydroxylation is 3. The van der Waals surface area contributed by atoms with Gasteiger partial charge in [-0.05, 0) is 61.7 Å². The fourth-order valence-corrected chi connectivity index (χ4v) is 4.27. The highest BCUT2D eigenvalue weighted by atomic mass is 35.5. The average Bonchev–Trinajstić information content (AvgIpc) is 3.42. The largest absolute Gasteiger partial charge is 0.433 e. The van der Waals surface area contributed by atoms with Crippen LogP contribution in [-0.4, -0.2) is 30.3 Å². The third-order valence-corrected chi connectivity index (χ3v) is 6.43. The van der Waals surface area contributed by atoms with Gasteiger partial charge in [-0.15, -0.1) is 0 Å². The number of anilines is 1. The number of nitrogens with one attached hydrogen (secondary N) is 1. The third kappa shape index (κ3) is 5.12. The lowest BCUT2D eigenvalue weighted by Crippen LogP contribution is -2.16. The van der Waals surface area contributed by atoms with Crippen LogP contribution in [0.15, 0.2) is 60.7 Å². The zero-order chi connectivity index (χ0) is 27.2. The SMILES string of the molecule is Cc1ccc(-c2cc(C(F)(F)F)n3nc(C(=O)Nc4cc(C)n(Cc5cccc(Cl)c5)n4)cc3n2)cc1C. The summed E-state index contributed by atoms with van der Waals surface area (Å²) in [4.78, 5) is 17.3. The predicted octanol–water partition coefficient (Wildman–Crippen LogP) is 6.49. The normalized spacial score (nSPS) is 11.8. The molecule has 0 saturated heterocycles. The monoisotopic (exact) mass is 538 g/mol. The number of halogens is 4. The number of nitrogens with zero attached hydrogens (tertiary/aromatic N) is 5. The second-order valence-electron chi connectivity index (χ2n) is 9.04. The quantitative estimate of drug-likeness (QED) is 0.277. The van der Waals surface area contributed by atoms with E-state index in [4.69, 9.17) is 11.6 Å². The number of aromatic nitrogens is 5. The average molecular weight is 539 g/mol. The molecule has 11 heteroatoms. The molecule has 0 atom stereocenters. The molecule has 0 bridgehead atoms. The van der Waals surface area contributed by atoms with Crippen LogP contribution < -0.4 is 5.32 Å². The lowest BCUT2D eigenvalue weighted by Gasteiger charge is -2.11. The van der Waals surface area contributed by atoms with Crippen molar-refractivity contribution in [2.75, 3.05) is 5.32 Å². The van der Waals surface area contributed by atoms with Crippen LogP contribution in [-0.2, 0) is 12.7 Å². The van der Waals surface area contributed by atoms with E-state index in [9.17, 15) is 18.0 Å². The number of benzene rings is 2. The van der Waals surface area contributed by atoms with Gasteiger partial charge in [-0.1, -0.05) is 35.9 Å². The van der Waals surface area contributed by atoms with Crippen molar-refractivity contribution in [1.29, 1.82) is 0 Å². The van der Waals surface area contributed by atoms with E-state index >= 15 is 0 Å². The van der Waals surface area contributed by atoms with Gasteiger partial charge in [0.1, 0.15) is 0 Å². The van der Waals surface area contributed by atoms with Gasteiger partial charge in [-0.25, -0.2) is 9.50 Å². The van der Waals surface area contributed by atoms with E-state index in [2.05, 4.69) is 20.5 Å². The molecular formula is C27H22ClF3N6O. The van der Waals surface area contributed by atoms with E-state index in [0.29, 0.717) is 21.6 Å². The number of rotatable bonds is 5. The molecular weight excluding hydrogens is 517 g/mol. The first-order chi connectivity index (χ1) is 18.0. The second kappa shape index (κ2) is 9.60. The molecule has 2 aromatic carbocycles. The van der Waals surface area contributed by atoms with E-state index in [-0.39, 0.29) is 22.9 Å². The fraction of sp³-hybridized carbons (Fsp3) is 0.185. The molecule has 5 rings (SSSR count). The Balaban J connectivity index is 1.46. The molecule has 5 aromatic rings. The molecule has 0 radical (unpaired) electrons. The summed E-state index contributed by atoms with van der Waals surface area (Å²) in [7, 11) is 0. The zero-order valence-corrected chi connectivity index (χ0v) is 21.4. The molecule has 1 N–H and O–H groups in total. The van der Waals surface area contributed by atoms with Gasteiger partial charge in [0.15, 0.2) is 22.9 Å². The van der Waals surface area contributed by atoms with Crippen molar-refractivity contribution in [2.45, 2.75) is 33.5 Å². The molecule has 0 aliphatic carbocycles. The van der Waals surface area contributed by atoms with Crippen molar-refractivity contribution in [2.24, 2.45) is 0 Å². The topological polar surface area (TPSA) is 77.1 Å². The highest BCUT2D eigenvalue weighted by Crippen LogP contribution is 2.33. The number of carbonyl (C=O) groups excluding carboxylic acids is 1. The van der Waals surface area contributed by atoms with Crippen LogP contribution in [0.3, 0.4) is 0 Å². The predicted molar refractivity (Wildman–Crippen MR) is 138 cm³/mol. The van der Waals surface area contributed by atoms with E-state index in [1.54, 1.807) is 28.9 Å². The van der Waals surface area contributed by atoms with Gasteiger partial charge in [-0.2, -0.15) is 23.4 Å². The highest BCUT2D eigenvalue weighted by Gasteiger charge is 2.35. The van der Waals surface area contributed by atoms with Crippen LogP contribution in [0.4, 0.5) is 19.0 Å². The summed E-state index contributed by atoms with van der Waals surface area (Å²) in [5, 5.41) is 11.5. The van der Waals surface area contributed by atoms with E-state index < -0.39 is 17.8 Å². The molecule has 0 spiro atoms. The summed E-state index contributed by atoms with van der Waals surface area (Å²) in [6.07, 6.45) is -4.72. The van der Waals surface area contributed by atoms with E-state index in [0.717, 1.165) is 28.5 Å². The van der Waals surface area contributed by atoms with Gasteiger partial charge in [0.05, 0.1) is 12.2 Å². The Hall–Kier alpha value is -4.18. The lowest BCUT2D eigenvalue weighted by molar-refractivity contribution is -0.142. The summed E-state index contributed by atoms with van der Waals surface area (Å²) >= 11 is 6.05. The molecule has 0 aliphatic heterocycles. The van der Waals surface area contributed by atoms with Crippen LogP contribution in [0.25, 0.3) is 16.9 Å². The maximum absolute atomic E-state index is 14.0. The lowest BCUT2D eigenvalue weighted by atomic mass is 10.0. The van der Waals surface area contributed by atoms with Crippen molar-refractivity contribution in [3.05, 3.63) is 99.5 Å². The summed E-state index contributed by atoms with van der Waals surface area (Å²) in [5.41, 5.74) is 2.96. The minimum atomic E-state index is -4.72. The standard InChI is InChI=1S/C27H22ClF3N6O/c1-15-7-8-19(9-16(15)2)21-12-23(27(29,30)31)37-25(32-21)13-22(34-37)26(38)33-24-10-17(3)36(35-24)14-18-5-4-6-20(28)11-18/h4-13H,14H2,1-3H3,(H,33,35,38). The Morgan fingerprint density at radius 2 is 1.76 bits per heavy atom. The van der Waals surface area contributed by atoms with Gasteiger partial charge >= 0.3 is 6.18 Å². The highest BCUT2D eigenvalue weighted by molar-refractivity contribution is 6.30. The van der Waals surface area contributed by atoms with E-state index in [1.165, 1.54) is 6.07 Å². The fourth-order valence-electron chi connectivity index (χ4n) is 4.06. The smallest absolute Gasteiger partial charge is 0.304 e. The molecule has 0 aliphatic rings. The summed E-state index contributed by atoms with van der Waals surface area (Å²) < 4.78 is 44.2. The van der Waals surface area contributed by atoms with Crippen LogP contribution in [0.1, 0.15) is 38.6 Å². The minimum Gasteiger partial charge on any atom is -0.304 e. The number of fused-ring (bicyclic) bond motifs is 1. The third-order valence-electron chi connectivity index (χ3n) is 6.20. The Morgan fingerprint density at radius 3 is 2.47 bits per heavy atom. The molecule has 3 heterocycles. The Bertz CT molecular complexity index is 1690. The van der Waals surface area contributed by atoms with Crippen molar-refractivity contribution in [3.8, 4) is 11.3 Å². The molecule has 0 unspecified atom stereocenters. The maximum atomic E-state index is 14.0. The molecule has 194 valence electrons. The number of amides is 1. The first-order valence-electron chi connectivity index (χ1n) is 11.6. The summed E-state index contributed by atoms with van der Waals surface area (Å²) in [6.45, 7) is 6.05. The van der Waals surface area contributed by atoms with Crippen LogP contribution >= 0.6 is 11.6 Å². The van der Waals surface area contributed by atoms with Crippen LogP contribution in [0.2, 0.25) is 5.02 Å². The number of hydrogen-bond acceptors (Lipinski definition) is 4. The van der Waals surface area contributed by atoms with Gasteiger partial charge in [-0.3, -0.25) is 9.48 Å². The van der Waals surface area contributed by atoms with Crippen LogP contribution in [0, 0.1) is 20.8 Å². The Morgan fingerprint density at radius 1 is 0.974 bits per heavy atom. The molecule has 0 fully saturated rings. The molecule has 7 nitrogen and oxygen atoms in total. The first-order valence-corrected chi connectivity index (χ1v) is 12.0. The number of hydrogen-bond donors (Lipinski definition) is 1. The van der Waals surface area contributed by atoms with Crippen LogP contribution in [0.5, 0.6) is 0 Å². The number of alkyl halides is 3. The number of carbonyl (C=O) groups is 1. The van der Waals surface area contributed by atoms with Crippen molar-refractivity contribution < 1.29 is 18.0 Å². The molecule has 1 amide bonds. The van der Waals surface area contributed by atoms with E-state index in [1.807, 2.05) is 45.0 Å². The second-order valence-corrected chi connectivity index (χ2v) is 9.47. The van der Waals surface area contributed by atoms with Crippen molar-refractivity contribution >= 4 is 29.0 Å². The molecule has 38 heavy (non-hydrogen) atoms. The van der Waals surface area contributed by atoms with Gasteiger partial charge < -0.3 is 5.32 Å². The van der Waals surface area contributed by atoms with Gasteiger partial charge in [0, 0.05) is 28.4 Å². The molecule has 0 saturated carbocycles. The minimum absolute atomic E-state index is 0.0964. The summed E-state index contributed by atoms with van der Waals surface area (Å²) in [5.74, 6) is -0.463. The first kappa shape index (κ1) is 25.5. The van der Waals surface area contributed by atoms with Crippen molar-refractivity contribution in [1.82, 2.24) is 24.4 Å². The Kier molecular flexibility index (Phi) is 6.44. The van der Waals surface area contributed by atoms with Gasteiger partial charge in [0.25, 0.3) is 5.91 Å². The Labute approximate surface area is 220 Å². The zero-order valence-electron chi connectivity index (χ0n) is 20.6. The maximum Gasteiger partial charge on any atom is 0.433 e. The summed E-state index contributed by atoms with van der Waals surface area (Å²) in [6, 6.07) is 16.5. The van der Waals surface area contributed by atoms with Crippen molar-refractivity contribution in [3.63, 3.8) is 0 Å². The van der Waals surface area contributed by atoms with Gasteiger partial charge in [0.2, 0.25) is 0 Å².